The highest BCUT2D eigenvalue weighted by atomic mass is 16.6. The molecule has 0 aromatic rings. The molecule has 0 radical (unpaired) electrons. The van der Waals surface area contributed by atoms with Gasteiger partial charge in [0.05, 0.1) is 0 Å². The maximum Gasteiger partial charge on any atom is 0.408 e. The first-order valence-corrected chi connectivity index (χ1v) is 6.16. The standard InChI is InChI=1S/C12H24N2O3/c1-11(2,3)17-10(15)14-12(4-7-13)5-8-16-9-6-12/h4-9,13H2,1-3H3,(H,14,15). The molecule has 3 N–H and O–H groups in total. The molecule has 0 bridgehead atoms. The van der Waals surface area contributed by atoms with Crippen LogP contribution in [0.2, 0.25) is 0 Å². The van der Waals surface area contributed by atoms with Gasteiger partial charge in [0.2, 0.25) is 0 Å². The average molecular weight is 244 g/mol. The van der Waals surface area contributed by atoms with Crippen molar-refractivity contribution >= 4 is 6.09 Å². The second-order valence-electron chi connectivity index (χ2n) is 5.56. The van der Waals surface area contributed by atoms with Crippen molar-refractivity contribution < 1.29 is 14.3 Å². The number of hydrogen-bond acceptors (Lipinski definition) is 4. The second kappa shape index (κ2) is 5.69. The summed E-state index contributed by atoms with van der Waals surface area (Å²) in [5, 5.41) is 2.97. The van der Waals surface area contributed by atoms with Gasteiger partial charge in [-0.05, 0) is 46.6 Å². The molecule has 0 aliphatic carbocycles. The highest BCUT2D eigenvalue weighted by Gasteiger charge is 2.34. The molecule has 0 saturated carbocycles. The van der Waals surface area contributed by atoms with E-state index in [0.717, 1.165) is 19.3 Å². The third-order valence-electron chi connectivity index (χ3n) is 2.84. The molecule has 0 aromatic heterocycles. The SMILES string of the molecule is CC(C)(C)OC(=O)NC1(CCN)CCOCC1. The lowest BCUT2D eigenvalue weighted by atomic mass is 9.87. The molecule has 100 valence electrons. The molecule has 1 amide bonds. The third kappa shape index (κ3) is 4.91. The minimum absolute atomic E-state index is 0.255. The molecule has 1 aliphatic rings. The zero-order chi connectivity index (χ0) is 12.9. The molecule has 5 nitrogen and oxygen atoms in total. The zero-order valence-corrected chi connectivity index (χ0v) is 11.0. The minimum atomic E-state index is -0.473. The molecule has 0 aromatic carbocycles. The number of amides is 1. The van der Waals surface area contributed by atoms with E-state index in [9.17, 15) is 4.79 Å². The lowest BCUT2D eigenvalue weighted by molar-refractivity contribution is 0.0153. The summed E-state index contributed by atoms with van der Waals surface area (Å²) in [4.78, 5) is 11.8. The van der Waals surface area contributed by atoms with Crippen molar-refractivity contribution in [3.63, 3.8) is 0 Å². The van der Waals surface area contributed by atoms with E-state index in [2.05, 4.69) is 5.32 Å². The van der Waals surface area contributed by atoms with Crippen molar-refractivity contribution in [3.8, 4) is 0 Å². The Hall–Kier alpha value is -0.810. The number of nitrogens with two attached hydrogens (primary N) is 1. The van der Waals surface area contributed by atoms with E-state index < -0.39 is 5.60 Å². The molecule has 1 saturated heterocycles. The van der Waals surface area contributed by atoms with Gasteiger partial charge < -0.3 is 20.5 Å². The first-order chi connectivity index (χ1) is 7.87. The van der Waals surface area contributed by atoms with Crippen molar-refractivity contribution in [2.75, 3.05) is 19.8 Å². The van der Waals surface area contributed by atoms with Gasteiger partial charge in [0, 0.05) is 18.8 Å². The Morgan fingerprint density at radius 2 is 2.00 bits per heavy atom. The van der Waals surface area contributed by atoms with Crippen LogP contribution < -0.4 is 11.1 Å². The summed E-state index contributed by atoms with van der Waals surface area (Å²) in [6.45, 7) is 7.44. The van der Waals surface area contributed by atoms with E-state index in [0.29, 0.717) is 19.8 Å². The van der Waals surface area contributed by atoms with Crippen LogP contribution in [0.1, 0.15) is 40.0 Å². The number of carbonyl (C=O) groups is 1. The van der Waals surface area contributed by atoms with Crippen LogP contribution in [0.15, 0.2) is 0 Å². The predicted molar refractivity (Wildman–Crippen MR) is 65.8 cm³/mol. The third-order valence-corrected chi connectivity index (χ3v) is 2.84. The average Bonchev–Trinajstić information content (AvgIpc) is 2.15. The summed E-state index contributed by atoms with van der Waals surface area (Å²) in [7, 11) is 0. The fraction of sp³-hybridized carbons (Fsp3) is 0.917. The smallest absolute Gasteiger partial charge is 0.408 e. The van der Waals surface area contributed by atoms with Gasteiger partial charge in [0.15, 0.2) is 0 Å². The molecule has 5 heteroatoms. The number of hydrogen-bond donors (Lipinski definition) is 2. The van der Waals surface area contributed by atoms with Crippen molar-refractivity contribution in [1.29, 1.82) is 0 Å². The molecule has 1 rings (SSSR count). The fourth-order valence-electron chi connectivity index (χ4n) is 2.00. The van der Waals surface area contributed by atoms with Crippen molar-refractivity contribution in [2.45, 2.75) is 51.2 Å². The number of alkyl carbamates (subject to hydrolysis) is 1. The van der Waals surface area contributed by atoms with E-state index in [4.69, 9.17) is 15.2 Å². The summed E-state index contributed by atoms with van der Waals surface area (Å²) in [6.07, 6.45) is 1.98. The highest BCUT2D eigenvalue weighted by molar-refractivity contribution is 5.68. The Bertz CT molecular complexity index is 249. The maximum absolute atomic E-state index is 11.8. The molecule has 0 atom stereocenters. The highest BCUT2D eigenvalue weighted by Crippen LogP contribution is 2.24. The molecule has 1 aliphatic heterocycles. The molecular formula is C12H24N2O3. The Morgan fingerprint density at radius 3 is 2.47 bits per heavy atom. The molecule has 1 fully saturated rings. The number of carbonyl (C=O) groups excluding carboxylic acids is 1. The van der Waals surface area contributed by atoms with Gasteiger partial charge in [-0.25, -0.2) is 4.79 Å². The molecular weight excluding hydrogens is 220 g/mol. The van der Waals surface area contributed by atoms with E-state index >= 15 is 0 Å². The van der Waals surface area contributed by atoms with Gasteiger partial charge in [0.25, 0.3) is 0 Å². The Balaban J connectivity index is 2.57. The topological polar surface area (TPSA) is 73.6 Å². The number of rotatable bonds is 3. The van der Waals surface area contributed by atoms with Gasteiger partial charge in [-0.15, -0.1) is 0 Å². The van der Waals surface area contributed by atoms with Gasteiger partial charge in [-0.2, -0.15) is 0 Å². The van der Waals surface area contributed by atoms with Gasteiger partial charge in [-0.3, -0.25) is 0 Å². The molecule has 1 heterocycles. The van der Waals surface area contributed by atoms with E-state index in [-0.39, 0.29) is 11.6 Å². The van der Waals surface area contributed by atoms with Crippen LogP contribution in [0.4, 0.5) is 4.79 Å². The summed E-state index contributed by atoms with van der Waals surface area (Å²) in [5.41, 5.74) is 4.89. The largest absolute Gasteiger partial charge is 0.444 e. The van der Waals surface area contributed by atoms with E-state index in [1.54, 1.807) is 0 Å². The number of ether oxygens (including phenoxy) is 2. The van der Waals surface area contributed by atoms with E-state index in [1.165, 1.54) is 0 Å². The summed E-state index contributed by atoms with van der Waals surface area (Å²) >= 11 is 0. The van der Waals surface area contributed by atoms with E-state index in [1.807, 2.05) is 20.8 Å². The summed E-state index contributed by atoms with van der Waals surface area (Å²) in [6, 6.07) is 0. The van der Waals surface area contributed by atoms with Crippen LogP contribution >= 0.6 is 0 Å². The predicted octanol–water partition coefficient (Wildman–Crippen LogP) is 1.41. The lowest BCUT2D eigenvalue weighted by Gasteiger charge is -2.38. The van der Waals surface area contributed by atoms with Gasteiger partial charge >= 0.3 is 6.09 Å². The second-order valence-corrected chi connectivity index (χ2v) is 5.56. The van der Waals surface area contributed by atoms with Crippen LogP contribution in [0.25, 0.3) is 0 Å². The fourth-order valence-corrected chi connectivity index (χ4v) is 2.00. The normalized spacial score (nSPS) is 19.8. The summed E-state index contributed by atoms with van der Waals surface area (Å²) < 4.78 is 10.6. The van der Waals surface area contributed by atoms with Crippen molar-refractivity contribution in [1.82, 2.24) is 5.32 Å². The lowest BCUT2D eigenvalue weighted by Crippen LogP contribution is -2.54. The molecule has 17 heavy (non-hydrogen) atoms. The zero-order valence-electron chi connectivity index (χ0n) is 11.0. The summed E-state index contributed by atoms with van der Waals surface area (Å²) in [5.74, 6) is 0. The van der Waals surface area contributed by atoms with Crippen LogP contribution in [0.3, 0.4) is 0 Å². The van der Waals surface area contributed by atoms with Crippen LogP contribution in [-0.2, 0) is 9.47 Å². The Kier molecular flexibility index (Phi) is 4.77. The van der Waals surface area contributed by atoms with Gasteiger partial charge in [0.1, 0.15) is 5.60 Å². The first-order valence-electron chi connectivity index (χ1n) is 6.16. The number of nitrogens with one attached hydrogen (secondary N) is 1. The molecule has 0 spiro atoms. The minimum Gasteiger partial charge on any atom is -0.444 e. The first kappa shape index (κ1) is 14.3. The Morgan fingerprint density at radius 1 is 1.41 bits per heavy atom. The van der Waals surface area contributed by atoms with Crippen LogP contribution in [-0.4, -0.2) is 37.0 Å². The van der Waals surface area contributed by atoms with Crippen LogP contribution in [0, 0.1) is 0 Å². The van der Waals surface area contributed by atoms with Crippen LogP contribution in [0.5, 0.6) is 0 Å². The van der Waals surface area contributed by atoms with Crippen molar-refractivity contribution in [2.24, 2.45) is 5.73 Å². The molecule has 0 unspecified atom stereocenters. The Labute approximate surface area is 103 Å². The monoisotopic (exact) mass is 244 g/mol. The van der Waals surface area contributed by atoms with Gasteiger partial charge in [-0.1, -0.05) is 0 Å². The van der Waals surface area contributed by atoms with Crippen molar-refractivity contribution in [3.05, 3.63) is 0 Å². The maximum atomic E-state index is 11.8. The quantitative estimate of drug-likeness (QED) is 0.787.